The zero-order chi connectivity index (χ0) is 17.5. The summed E-state index contributed by atoms with van der Waals surface area (Å²) in [5.74, 6) is 1.00. The number of piperazine rings is 1. The van der Waals surface area contributed by atoms with Crippen LogP contribution in [0.15, 0.2) is 0 Å². The van der Waals surface area contributed by atoms with Crippen molar-refractivity contribution in [1.82, 2.24) is 30.0 Å². The van der Waals surface area contributed by atoms with E-state index in [4.69, 9.17) is 4.74 Å². The van der Waals surface area contributed by atoms with Crippen LogP contribution in [-0.2, 0) is 11.3 Å². The smallest absolute Gasteiger partial charge is 0.168 e. The number of aromatic nitrogens is 4. The average molecular weight is 351 g/mol. The molecule has 2 heterocycles. The van der Waals surface area contributed by atoms with Crippen LogP contribution >= 0.6 is 0 Å². The van der Waals surface area contributed by atoms with E-state index in [1.165, 1.54) is 45.2 Å². The zero-order valence-corrected chi connectivity index (χ0v) is 15.9. The molecule has 1 aromatic rings. The van der Waals surface area contributed by atoms with Gasteiger partial charge < -0.3 is 4.74 Å². The lowest BCUT2D eigenvalue weighted by atomic mass is 9.93. The molecule has 2 fully saturated rings. The molecule has 7 nitrogen and oxygen atoms in total. The summed E-state index contributed by atoms with van der Waals surface area (Å²) in [7, 11) is 1.72. The highest BCUT2D eigenvalue weighted by Gasteiger charge is 2.31. The second-order valence-electron chi connectivity index (χ2n) is 7.42. The highest BCUT2D eigenvalue weighted by molar-refractivity contribution is 4.95. The molecule has 0 bridgehead atoms. The van der Waals surface area contributed by atoms with Crippen LogP contribution in [0.2, 0.25) is 0 Å². The molecule has 0 N–H and O–H groups in total. The van der Waals surface area contributed by atoms with Gasteiger partial charge in [0.25, 0.3) is 0 Å². The van der Waals surface area contributed by atoms with E-state index in [2.05, 4.69) is 32.2 Å². The first-order valence-electron chi connectivity index (χ1n) is 10.1. The summed E-state index contributed by atoms with van der Waals surface area (Å²) in [5, 5.41) is 12.5. The van der Waals surface area contributed by atoms with Gasteiger partial charge in [0.05, 0.1) is 19.2 Å². The summed E-state index contributed by atoms with van der Waals surface area (Å²) >= 11 is 0. The molecule has 0 amide bonds. The van der Waals surface area contributed by atoms with Gasteiger partial charge >= 0.3 is 0 Å². The molecule has 1 atom stereocenters. The Bertz CT molecular complexity index is 494. The number of methoxy groups -OCH3 is 1. The Morgan fingerprint density at radius 3 is 2.56 bits per heavy atom. The van der Waals surface area contributed by atoms with Crippen molar-refractivity contribution >= 4 is 0 Å². The topological polar surface area (TPSA) is 59.3 Å². The van der Waals surface area contributed by atoms with E-state index in [0.717, 1.165) is 44.3 Å². The number of nitrogens with zero attached hydrogens (tertiary/aromatic N) is 6. The van der Waals surface area contributed by atoms with Gasteiger partial charge in [0.15, 0.2) is 5.82 Å². The predicted molar refractivity (Wildman–Crippen MR) is 97.4 cm³/mol. The Balaban J connectivity index is 1.61. The zero-order valence-electron chi connectivity index (χ0n) is 15.9. The standard InChI is InChI=1S/C18H34N6O/c1-3-7-17(18-19-20-21-24(18)14-15-25-2)23-12-10-22(11-13-23)16-8-5-4-6-9-16/h16-17H,3-15H2,1-2H3. The molecule has 1 saturated heterocycles. The summed E-state index contributed by atoms with van der Waals surface area (Å²) in [6.07, 6.45) is 9.30. The van der Waals surface area contributed by atoms with Crippen molar-refractivity contribution in [2.75, 3.05) is 39.9 Å². The Kier molecular flexibility index (Phi) is 7.19. The van der Waals surface area contributed by atoms with Crippen molar-refractivity contribution < 1.29 is 4.74 Å². The van der Waals surface area contributed by atoms with Crippen LogP contribution < -0.4 is 0 Å². The fourth-order valence-electron chi connectivity index (χ4n) is 4.40. The van der Waals surface area contributed by atoms with Gasteiger partial charge in [-0.1, -0.05) is 32.6 Å². The maximum absolute atomic E-state index is 5.20. The Morgan fingerprint density at radius 1 is 1.12 bits per heavy atom. The highest BCUT2D eigenvalue weighted by Crippen LogP contribution is 2.28. The molecule has 1 aliphatic carbocycles. The Hall–Kier alpha value is -1.05. The molecule has 142 valence electrons. The van der Waals surface area contributed by atoms with Crippen LogP contribution in [-0.4, -0.2) is 75.9 Å². The van der Waals surface area contributed by atoms with Gasteiger partial charge in [-0.2, -0.15) is 0 Å². The van der Waals surface area contributed by atoms with E-state index in [0.29, 0.717) is 12.6 Å². The van der Waals surface area contributed by atoms with Crippen LogP contribution in [0.1, 0.15) is 63.7 Å². The van der Waals surface area contributed by atoms with Gasteiger partial charge in [0.1, 0.15) is 0 Å². The first-order valence-corrected chi connectivity index (χ1v) is 10.1. The molecular formula is C18H34N6O. The maximum Gasteiger partial charge on any atom is 0.168 e. The van der Waals surface area contributed by atoms with Crippen LogP contribution in [0, 0.1) is 0 Å². The summed E-state index contributed by atoms with van der Waals surface area (Å²) in [5.41, 5.74) is 0. The number of hydrogen-bond donors (Lipinski definition) is 0. The van der Waals surface area contributed by atoms with Crippen LogP contribution in [0.4, 0.5) is 0 Å². The maximum atomic E-state index is 5.20. The molecule has 1 aromatic heterocycles. The van der Waals surface area contributed by atoms with Crippen LogP contribution in [0.3, 0.4) is 0 Å². The van der Waals surface area contributed by atoms with Crippen LogP contribution in [0.5, 0.6) is 0 Å². The molecule has 1 aliphatic heterocycles. The molecule has 1 unspecified atom stereocenters. The van der Waals surface area contributed by atoms with Gasteiger partial charge in [-0.25, -0.2) is 4.68 Å². The van der Waals surface area contributed by atoms with Gasteiger partial charge in [-0.3, -0.25) is 9.80 Å². The fourth-order valence-corrected chi connectivity index (χ4v) is 4.40. The van der Waals surface area contributed by atoms with Crippen molar-refractivity contribution in [3.8, 4) is 0 Å². The van der Waals surface area contributed by atoms with E-state index in [-0.39, 0.29) is 0 Å². The largest absolute Gasteiger partial charge is 0.383 e. The second kappa shape index (κ2) is 9.59. The minimum absolute atomic E-state index is 0.324. The molecular weight excluding hydrogens is 316 g/mol. The predicted octanol–water partition coefficient (Wildman–Crippen LogP) is 2.11. The number of tetrazole rings is 1. The number of hydrogen-bond acceptors (Lipinski definition) is 6. The number of ether oxygens (including phenoxy) is 1. The third-order valence-corrected chi connectivity index (χ3v) is 5.81. The van der Waals surface area contributed by atoms with Gasteiger partial charge in [-0.15, -0.1) is 5.10 Å². The van der Waals surface area contributed by atoms with Crippen molar-refractivity contribution in [2.45, 2.75) is 70.5 Å². The molecule has 0 radical (unpaired) electrons. The summed E-state index contributed by atoms with van der Waals surface area (Å²) in [6.45, 7) is 8.23. The van der Waals surface area contributed by atoms with Gasteiger partial charge in [0, 0.05) is 39.3 Å². The lowest BCUT2D eigenvalue weighted by Crippen LogP contribution is -2.51. The van der Waals surface area contributed by atoms with Crippen LogP contribution in [0.25, 0.3) is 0 Å². The van der Waals surface area contributed by atoms with E-state index in [1.807, 2.05) is 4.68 Å². The third-order valence-electron chi connectivity index (χ3n) is 5.81. The first kappa shape index (κ1) is 18.7. The second-order valence-corrected chi connectivity index (χ2v) is 7.42. The normalized spacial score (nSPS) is 22.3. The molecule has 25 heavy (non-hydrogen) atoms. The summed E-state index contributed by atoms with van der Waals surface area (Å²) in [4.78, 5) is 5.32. The summed E-state index contributed by atoms with van der Waals surface area (Å²) < 4.78 is 7.13. The quantitative estimate of drug-likeness (QED) is 0.716. The minimum Gasteiger partial charge on any atom is -0.383 e. The lowest BCUT2D eigenvalue weighted by molar-refractivity contribution is 0.0495. The molecule has 7 heteroatoms. The van der Waals surface area contributed by atoms with E-state index < -0.39 is 0 Å². The van der Waals surface area contributed by atoms with Crippen molar-refractivity contribution in [3.05, 3.63) is 5.82 Å². The van der Waals surface area contributed by atoms with Crippen molar-refractivity contribution in [2.24, 2.45) is 0 Å². The third kappa shape index (κ3) is 4.77. The highest BCUT2D eigenvalue weighted by atomic mass is 16.5. The number of rotatable bonds is 8. The monoisotopic (exact) mass is 350 g/mol. The minimum atomic E-state index is 0.324. The molecule has 3 rings (SSSR count). The molecule has 0 spiro atoms. The van der Waals surface area contributed by atoms with Crippen molar-refractivity contribution in [1.29, 1.82) is 0 Å². The van der Waals surface area contributed by atoms with E-state index >= 15 is 0 Å². The fraction of sp³-hybridized carbons (Fsp3) is 0.944. The van der Waals surface area contributed by atoms with Crippen molar-refractivity contribution in [3.63, 3.8) is 0 Å². The Morgan fingerprint density at radius 2 is 1.88 bits per heavy atom. The first-order chi connectivity index (χ1) is 12.3. The molecule has 2 aliphatic rings. The summed E-state index contributed by atoms with van der Waals surface area (Å²) in [6, 6.07) is 1.15. The lowest BCUT2D eigenvalue weighted by Gasteiger charge is -2.43. The average Bonchev–Trinajstić information content (AvgIpc) is 3.13. The van der Waals surface area contributed by atoms with Gasteiger partial charge in [-0.05, 0) is 29.7 Å². The molecule has 0 aromatic carbocycles. The molecule has 1 saturated carbocycles. The van der Waals surface area contributed by atoms with Gasteiger partial charge in [0.2, 0.25) is 0 Å². The van der Waals surface area contributed by atoms with E-state index in [1.54, 1.807) is 7.11 Å². The Labute approximate surface area is 151 Å². The SMILES string of the molecule is CCCC(c1nnnn1CCOC)N1CCN(C2CCCCC2)CC1. The van der Waals surface area contributed by atoms with E-state index in [9.17, 15) is 0 Å².